The van der Waals surface area contributed by atoms with Crippen molar-refractivity contribution in [1.82, 2.24) is 24.8 Å². The van der Waals surface area contributed by atoms with Gasteiger partial charge in [0.25, 0.3) is 0 Å². The number of aryl methyl sites for hydroxylation is 1. The van der Waals surface area contributed by atoms with Gasteiger partial charge in [-0.3, -0.25) is 4.79 Å². The number of ether oxygens (including phenoxy) is 3. The number of imidazole rings is 1. The number of nitrogens with one attached hydrogen (secondary N) is 1. The summed E-state index contributed by atoms with van der Waals surface area (Å²) >= 11 is 0. The monoisotopic (exact) mass is 700 g/mol. The lowest BCUT2D eigenvalue weighted by atomic mass is 10.0. The first-order valence-corrected chi connectivity index (χ1v) is 19.0. The van der Waals surface area contributed by atoms with Gasteiger partial charge in [0, 0.05) is 18.9 Å². The molecule has 0 fully saturated rings. The maximum absolute atomic E-state index is 12.9. The van der Waals surface area contributed by atoms with Gasteiger partial charge < -0.3 is 29.8 Å². The van der Waals surface area contributed by atoms with Gasteiger partial charge in [0.15, 0.2) is 5.65 Å². The van der Waals surface area contributed by atoms with E-state index in [1.54, 1.807) is 20.2 Å². The van der Waals surface area contributed by atoms with Crippen LogP contribution >= 0.6 is 0 Å². The Bertz CT molecular complexity index is 1280. The lowest BCUT2D eigenvalue weighted by molar-refractivity contribution is -0.149. The molecule has 2 aromatic rings. The summed E-state index contributed by atoms with van der Waals surface area (Å²) in [5.74, 6) is -1.08. The van der Waals surface area contributed by atoms with Crippen LogP contribution in [0, 0.1) is 18.8 Å². The molecule has 0 saturated carbocycles. The first-order valence-electron chi connectivity index (χ1n) is 19.0. The Labute approximate surface area is 299 Å². The number of amides is 1. The van der Waals surface area contributed by atoms with Gasteiger partial charge in [-0.15, -0.1) is 0 Å². The Balaban J connectivity index is 1.78. The van der Waals surface area contributed by atoms with Crippen molar-refractivity contribution in [3.8, 4) is 0 Å². The van der Waals surface area contributed by atoms with E-state index in [4.69, 9.17) is 19.9 Å². The van der Waals surface area contributed by atoms with Crippen LogP contribution in [0.5, 0.6) is 0 Å². The molecule has 3 N–H and O–H groups in total. The molecule has 2 rings (SSSR count). The Morgan fingerprint density at radius 1 is 0.900 bits per heavy atom. The summed E-state index contributed by atoms with van der Waals surface area (Å²) in [4.78, 5) is 50.6. The molecule has 12 heteroatoms. The van der Waals surface area contributed by atoms with Crippen molar-refractivity contribution < 1.29 is 28.6 Å². The Morgan fingerprint density at radius 3 is 2.08 bits per heavy atom. The van der Waals surface area contributed by atoms with E-state index in [0.29, 0.717) is 36.2 Å². The zero-order chi connectivity index (χ0) is 36.6. The van der Waals surface area contributed by atoms with Gasteiger partial charge in [-0.1, -0.05) is 123 Å². The second-order valence-electron chi connectivity index (χ2n) is 13.7. The van der Waals surface area contributed by atoms with Crippen molar-refractivity contribution in [2.45, 2.75) is 149 Å². The lowest BCUT2D eigenvalue weighted by Crippen LogP contribution is -2.45. The Morgan fingerprint density at radius 2 is 1.50 bits per heavy atom. The Kier molecular flexibility index (Phi) is 21.5. The predicted octanol–water partition coefficient (Wildman–Crippen LogP) is 8.01. The minimum absolute atomic E-state index is 0.0323. The van der Waals surface area contributed by atoms with Crippen LogP contribution in [0.15, 0.2) is 19.0 Å². The molecule has 2 aromatic heterocycles. The maximum atomic E-state index is 12.9. The molecule has 1 unspecified atom stereocenters. The SMILES string of the molecule is C=CCOC(=O)NC(C(=O)OCC[C@@H](COC(=O)CCCCCCCCCCCCCCCCC)Cn1cnc2c(C)nc(N)nc21)C(C)C. The van der Waals surface area contributed by atoms with Gasteiger partial charge in [-0.25, -0.2) is 19.6 Å². The van der Waals surface area contributed by atoms with E-state index in [1.165, 1.54) is 83.1 Å². The molecular weight excluding hydrogens is 636 g/mol. The van der Waals surface area contributed by atoms with Crippen molar-refractivity contribution in [1.29, 1.82) is 0 Å². The van der Waals surface area contributed by atoms with Gasteiger partial charge in [0.05, 0.1) is 25.2 Å². The highest BCUT2D eigenvalue weighted by Crippen LogP contribution is 2.19. The number of esters is 2. The van der Waals surface area contributed by atoms with E-state index in [1.807, 2.05) is 11.5 Å². The zero-order valence-electron chi connectivity index (χ0n) is 31.3. The van der Waals surface area contributed by atoms with E-state index >= 15 is 0 Å². The number of alkyl carbamates (subject to hydrolysis) is 1. The molecule has 0 bridgehead atoms. The van der Waals surface area contributed by atoms with Gasteiger partial charge in [-0.05, 0) is 25.7 Å². The van der Waals surface area contributed by atoms with E-state index in [0.717, 1.165) is 19.3 Å². The summed E-state index contributed by atoms with van der Waals surface area (Å²) in [6, 6.07) is -0.876. The van der Waals surface area contributed by atoms with Crippen LogP contribution in [-0.4, -0.2) is 63.4 Å². The van der Waals surface area contributed by atoms with E-state index in [-0.39, 0.29) is 43.6 Å². The molecule has 12 nitrogen and oxygen atoms in total. The molecule has 0 saturated heterocycles. The second-order valence-corrected chi connectivity index (χ2v) is 13.7. The van der Waals surface area contributed by atoms with Crippen LogP contribution in [0.2, 0.25) is 0 Å². The number of hydrogen-bond donors (Lipinski definition) is 2. The number of carbonyl (C=O) groups excluding carboxylic acids is 3. The van der Waals surface area contributed by atoms with Crippen LogP contribution in [0.25, 0.3) is 11.2 Å². The number of nitrogen functional groups attached to an aromatic ring is 1. The number of carbonyl (C=O) groups is 3. The van der Waals surface area contributed by atoms with E-state index in [9.17, 15) is 14.4 Å². The highest BCUT2D eigenvalue weighted by molar-refractivity contribution is 5.81. The molecule has 1 amide bonds. The summed E-state index contributed by atoms with van der Waals surface area (Å²) in [7, 11) is 0. The maximum Gasteiger partial charge on any atom is 0.408 e. The smallest absolute Gasteiger partial charge is 0.408 e. The van der Waals surface area contributed by atoms with Gasteiger partial charge in [-0.2, -0.15) is 4.98 Å². The summed E-state index contributed by atoms with van der Waals surface area (Å²) in [6.45, 7) is 11.9. The fourth-order valence-electron chi connectivity index (χ4n) is 5.89. The minimum atomic E-state index is -0.876. The van der Waals surface area contributed by atoms with Crippen LogP contribution in [0.1, 0.15) is 136 Å². The fourth-order valence-corrected chi connectivity index (χ4v) is 5.89. The number of rotatable bonds is 28. The first kappa shape index (κ1) is 42.5. The number of nitrogens with two attached hydrogens (primary N) is 1. The highest BCUT2D eigenvalue weighted by atomic mass is 16.6. The van der Waals surface area contributed by atoms with Crippen LogP contribution in [0.3, 0.4) is 0 Å². The van der Waals surface area contributed by atoms with Gasteiger partial charge >= 0.3 is 18.0 Å². The highest BCUT2D eigenvalue weighted by Gasteiger charge is 2.27. The molecular formula is C38H64N6O6. The van der Waals surface area contributed by atoms with Crippen LogP contribution in [-0.2, 0) is 30.3 Å². The minimum Gasteiger partial charge on any atom is -0.465 e. The number of hydrogen-bond acceptors (Lipinski definition) is 10. The number of nitrogens with zero attached hydrogens (tertiary/aromatic N) is 4. The fraction of sp³-hybridized carbons (Fsp3) is 0.737. The number of aromatic nitrogens is 4. The molecule has 0 aliphatic rings. The number of unbranched alkanes of at least 4 members (excludes halogenated alkanes) is 14. The third kappa shape index (κ3) is 17.3. The quantitative estimate of drug-likeness (QED) is 0.0385. The van der Waals surface area contributed by atoms with E-state index in [2.05, 4.69) is 33.8 Å². The van der Waals surface area contributed by atoms with E-state index < -0.39 is 18.1 Å². The lowest BCUT2D eigenvalue weighted by Gasteiger charge is -2.22. The third-order valence-corrected chi connectivity index (χ3v) is 8.87. The average molecular weight is 701 g/mol. The largest absolute Gasteiger partial charge is 0.465 e. The zero-order valence-corrected chi connectivity index (χ0v) is 31.3. The summed E-state index contributed by atoms with van der Waals surface area (Å²) in [5.41, 5.74) is 7.81. The molecule has 0 aliphatic carbocycles. The standard InChI is InChI=1S/C38H64N6O6/c1-6-8-9-10-11-12-13-14-15-16-17-18-19-20-21-22-32(45)50-27-31(26-44-28-40-34-30(5)41-37(39)43-35(34)44)23-25-48-36(46)33(29(3)4)42-38(47)49-24-7-2/h7,28-29,31,33H,2,6,8-27H2,1,3-5H3,(H,42,47)(H2,39,41,43)/t31-,33?/m1/s1. The van der Waals surface area contributed by atoms with Crippen molar-refractivity contribution in [3.63, 3.8) is 0 Å². The van der Waals surface area contributed by atoms with Crippen LogP contribution < -0.4 is 11.1 Å². The molecule has 0 spiro atoms. The van der Waals surface area contributed by atoms with Gasteiger partial charge in [0.1, 0.15) is 18.2 Å². The van der Waals surface area contributed by atoms with Crippen molar-refractivity contribution >= 4 is 35.1 Å². The topological polar surface area (TPSA) is 161 Å². The summed E-state index contributed by atoms with van der Waals surface area (Å²) < 4.78 is 18.1. The second kappa shape index (κ2) is 25.3. The molecule has 0 radical (unpaired) electrons. The van der Waals surface area contributed by atoms with Gasteiger partial charge in [0.2, 0.25) is 5.95 Å². The molecule has 0 aromatic carbocycles. The number of fused-ring (bicyclic) bond motifs is 1. The van der Waals surface area contributed by atoms with Crippen molar-refractivity contribution in [3.05, 3.63) is 24.7 Å². The summed E-state index contributed by atoms with van der Waals surface area (Å²) in [5, 5.41) is 2.56. The molecule has 0 aliphatic heterocycles. The van der Waals surface area contributed by atoms with Crippen molar-refractivity contribution in [2.75, 3.05) is 25.6 Å². The predicted molar refractivity (Wildman–Crippen MR) is 197 cm³/mol. The first-order chi connectivity index (χ1) is 24.2. The molecule has 282 valence electrons. The molecule has 2 atom stereocenters. The average Bonchev–Trinajstić information content (AvgIpc) is 3.48. The third-order valence-electron chi connectivity index (χ3n) is 8.87. The normalized spacial score (nSPS) is 12.5. The molecule has 2 heterocycles. The molecule has 50 heavy (non-hydrogen) atoms. The van der Waals surface area contributed by atoms with Crippen LogP contribution in [0.4, 0.5) is 10.7 Å². The summed E-state index contributed by atoms with van der Waals surface area (Å²) in [6.07, 6.45) is 22.2. The van der Waals surface area contributed by atoms with Crippen molar-refractivity contribution in [2.24, 2.45) is 11.8 Å². The Hall–Kier alpha value is -3.70. The number of anilines is 1.